The number of fused-ring (bicyclic) bond motifs is 1. The number of aliphatic imine (C=N–C) groups is 1. The second kappa shape index (κ2) is 3.67. The normalized spacial score (nSPS) is 47.4. The number of hydrogen-bond donors (Lipinski definition) is 2. The zero-order valence-corrected chi connectivity index (χ0v) is 8.58. The summed E-state index contributed by atoms with van der Waals surface area (Å²) < 4.78 is 19.1. The van der Waals surface area contributed by atoms with Crippen LogP contribution < -0.4 is 5.73 Å². The zero-order chi connectivity index (χ0) is 10.3. The number of halogens is 1. The van der Waals surface area contributed by atoms with E-state index in [1.165, 1.54) is 11.8 Å². The average Bonchev–Trinajstić information content (AvgIpc) is 2.52. The molecule has 4 nitrogen and oxygen atoms in total. The van der Waals surface area contributed by atoms with Crippen LogP contribution in [0.25, 0.3) is 0 Å². The van der Waals surface area contributed by atoms with Crippen molar-refractivity contribution in [3.63, 3.8) is 0 Å². The molecular weight excluding hydrogens is 207 g/mol. The summed E-state index contributed by atoms with van der Waals surface area (Å²) in [6.07, 6.45) is -2.31. The van der Waals surface area contributed by atoms with Crippen molar-refractivity contribution in [2.45, 2.75) is 43.2 Å². The molecule has 5 atom stereocenters. The van der Waals surface area contributed by atoms with Gasteiger partial charge < -0.3 is 15.6 Å². The van der Waals surface area contributed by atoms with Crippen molar-refractivity contribution in [1.82, 2.24) is 0 Å². The van der Waals surface area contributed by atoms with Gasteiger partial charge in [0.1, 0.15) is 17.6 Å². The van der Waals surface area contributed by atoms with Crippen LogP contribution in [0.1, 0.15) is 13.3 Å². The summed E-state index contributed by atoms with van der Waals surface area (Å²) >= 11 is 1.23. The molecule has 0 aromatic rings. The molecule has 2 heterocycles. The van der Waals surface area contributed by atoms with Gasteiger partial charge in [0.25, 0.3) is 0 Å². The fourth-order valence-corrected chi connectivity index (χ4v) is 2.72. The first-order valence-electron chi connectivity index (χ1n) is 4.61. The minimum Gasteiger partial charge on any atom is -0.387 e. The molecule has 0 radical (unpaired) electrons. The standard InChI is InChI=1S/C8H13FN2O2S/c1-2-3-6(12)4(9)5-7(13-3)14-8(10)11-5/h3-7,12H,2H2,1H3,(H2,10,11). The highest BCUT2D eigenvalue weighted by atomic mass is 32.2. The molecule has 0 bridgehead atoms. The second-order valence-corrected chi connectivity index (χ2v) is 4.58. The lowest BCUT2D eigenvalue weighted by Gasteiger charge is -2.36. The maximum Gasteiger partial charge on any atom is 0.157 e. The smallest absolute Gasteiger partial charge is 0.157 e. The van der Waals surface area contributed by atoms with Gasteiger partial charge in [-0.15, -0.1) is 0 Å². The molecule has 5 unspecified atom stereocenters. The summed E-state index contributed by atoms with van der Waals surface area (Å²) in [5.74, 6) is 0. The van der Waals surface area contributed by atoms with Crippen LogP contribution in [0.15, 0.2) is 4.99 Å². The maximum absolute atomic E-state index is 13.6. The molecule has 0 saturated carbocycles. The first kappa shape index (κ1) is 10.2. The SMILES string of the molecule is CCC1OC2SC(N)=NC2C(F)C1O. The minimum atomic E-state index is -1.37. The van der Waals surface area contributed by atoms with Gasteiger partial charge in [-0.1, -0.05) is 18.7 Å². The Hall–Kier alpha value is -0.330. The first-order chi connectivity index (χ1) is 6.63. The number of aliphatic hydroxyl groups is 1. The molecule has 14 heavy (non-hydrogen) atoms. The van der Waals surface area contributed by atoms with Crippen LogP contribution in [-0.2, 0) is 4.74 Å². The van der Waals surface area contributed by atoms with Crippen LogP contribution >= 0.6 is 11.8 Å². The van der Waals surface area contributed by atoms with Gasteiger partial charge >= 0.3 is 0 Å². The van der Waals surface area contributed by atoms with Crippen LogP contribution in [0, 0.1) is 0 Å². The van der Waals surface area contributed by atoms with E-state index < -0.39 is 24.4 Å². The van der Waals surface area contributed by atoms with Crippen molar-refractivity contribution in [3.8, 4) is 0 Å². The van der Waals surface area contributed by atoms with Gasteiger partial charge in [-0.25, -0.2) is 4.39 Å². The summed E-state index contributed by atoms with van der Waals surface area (Å²) in [6.45, 7) is 1.85. The molecular formula is C8H13FN2O2S. The Balaban J connectivity index is 2.14. The zero-order valence-electron chi connectivity index (χ0n) is 7.76. The molecule has 0 aromatic carbocycles. The van der Waals surface area contributed by atoms with Crippen molar-refractivity contribution in [3.05, 3.63) is 0 Å². The second-order valence-electron chi connectivity index (χ2n) is 3.46. The number of nitrogens with two attached hydrogens (primary N) is 1. The van der Waals surface area contributed by atoms with Crippen molar-refractivity contribution in [2.24, 2.45) is 10.7 Å². The molecule has 2 aliphatic rings. The Morgan fingerprint density at radius 1 is 1.71 bits per heavy atom. The maximum atomic E-state index is 13.6. The van der Waals surface area contributed by atoms with E-state index in [2.05, 4.69) is 4.99 Å². The van der Waals surface area contributed by atoms with Gasteiger partial charge in [-0.2, -0.15) is 0 Å². The van der Waals surface area contributed by atoms with Crippen LogP contribution in [0.5, 0.6) is 0 Å². The predicted octanol–water partition coefficient (Wildman–Crippen LogP) is 0.250. The van der Waals surface area contributed by atoms with Crippen LogP contribution in [0.3, 0.4) is 0 Å². The van der Waals surface area contributed by atoms with E-state index in [0.717, 1.165) is 0 Å². The number of nitrogens with zero attached hydrogens (tertiary/aromatic N) is 1. The number of thioether (sulfide) groups is 1. The van der Waals surface area contributed by atoms with E-state index in [9.17, 15) is 9.50 Å². The van der Waals surface area contributed by atoms with E-state index in [1.54, 1.807) is 0 Å². The summed E-state index contributed by atoms with van der Waals surface area (Å²) in [5.41, 5.74) is 5.11. The highest BCUT2D eigenvalue weighted by Gasteiger charge is 2.48. The molecule has 80 valence electrons. The van der Waals surface area contributed by atoms with Gasteiger partial charge in [0, 0.05) is 0 Å². The fraction of sp³-hybridized carbons (Fsp3) is 0.875. The minimum absolute atomic E-state index is 0.339. The number of aliphatic hydroxyl groups excluding tert-OH is 1. The Morgan fingerprint density at radius 2 is 2.43 bits per heavy atom. The highest BCUT2D eigenvalue weighted by Crippen LogP contribution is 2.37. The first-order valence-corrected chi connectivity index (χ1v) is 5.49. The van der Waals surface area contributed by atoms with Crippen molar-refractivity contribution in [2.75, 3.05) is 0 Å². The molecule has 2 rings (SSSR count). The lowest BCUT2D eigenvalue weighted by molar-refractivity contribution is -0.131. The lowest BCUT2D eigenvalue weighted by atomic mass is 9.98. The van der Waals surface area contributed by atoms with Gasteiger partial charge in [0.05, 0.1) is 6.10 Å². The fourth-order valence-electron chi connectivity index (χ4n) is 1.75. The third-order valence-corrected chi connectivity index (χ3v) is 3.51. The van der Waals surface area contributed by atoms with Crippen molar-refractivity contribution >= 4 is 16.9 Å². The molecule has 1 saturated heterocycles. The van der Waals surface area contributed by atoms with Gasteiger partial charge in [-0.05, 0) is 6.42 Å². The van der Waals surface area contributed by atoms with Crippen molar-refractivity contribution < 1.29 is 14.2 Å². The number of hydrogen-bond acceptors (Lipinski definition) is 5. The average molecular weight is 220 g/mol. The van der Waals surface area contributed by atoms with Crippen molar-refractivity contribution in [1.29, 1.82) is 0 Å². The largest absolute Gasteiger partial charge is 0.387 e. The third kappa shape index (κ3) is 1.51. The predicted molar refractivity (Wildman–Crippen MR) is 52.9 cm³/mol. The van der Waals surface area contributed by atoms with E-state index in [4.69, 9.17) is 10.5 Å². The van der Waals surface area contributed by atoms with Crippen LogP contribution in [0.4, 0.5) is 4.39 Å². The quantitative estimate of drug-likeness (QED) is 0.664. The summed E-state index contributed by atoms with van der Waals surface area (Å²) in [7, 11) is 0. The number of ether oxygens (including phenoxy) is 1. The highest BCUT2D eigenvalue weighted by molar-refractivity contribution is 8.14. The number of amidine groups is 1. The van der Waals surface area contributed by atoms with E-state index in [-0.39, 0.29) is 5.44 Å². The Bertz CT molecular complexity index is 264. The molecule has 0 amide bonds. The monoisotopic (exact) mass is 220 g/mol. The Kier molecular flexibility index (Phi) is 2.68. The Labute approximate surface area is 85.7 Å². The van der Waals surface area contributed by atoms with Gasteiger partial charge in [-0.3, -0.25) is 4.99 Å². The van der Waals surface area contributed by atoms with Crippen LogP contribution in [0.2, 0.25) is 0 Å². The molecule has 6 heteroatoms. The lowest BCUT2D eigenvalue weighted by Crippen LogP contribution is -2.52. The molecule has 0 spiro atoms. The topological polar surface area (TPSA) is 67.8 Å². The van der Waals surface area contributed by atoms with E-state index >= 15 is 0 Å². The number of rotatable bonds is 1. The van der Waals surface area contributed by atoms with Crippen LogP contribution in [-0.4, -0.2) is 40.1 Å². The molecule has 1 fully saturated rings. The van der Waals surface area contributed by atoms with Gasteiger partial charge in [0.2, 0.25) is 0 Å². The molecule has 3 N–H and O–H groups in total. The third-order valence-electron chi connectivity index (χ3n) is 2.54. The summed E-state index contributed by atoms with van der Waals surface area (Å²) in [6, 6.07) is -0.641. The van der Waals surface area contributed by atoms with Gasteiger partial charge in [0.15, 0.2) is 11.3 Å². The van der Waals surface area contributed by atoms with E-state index in [1.807, 2.05) is 6.92 Å². The number of alkyl halides is 1. The summed E-state index contributed by atoms with van der Waals surface area (Å²) in [5, 5.41) is 9.89. The molecule has 2 aliphatic heterocycles. The van der Waals surface area contributed by atoms with E-state index in [0.29, 0.717) is 11.6 Å². The molecule has 0 aromatic heterocycles. The summed E-state index contributed by atoms with van der Waals surface area (Å²) in [4.78, 5) is 3.91. The molecule has 0 aliphatic carbocycles. The Morgan fingerprint density at radius 3 is 3.07 bits per heavy atom.